The monoisotopic (exact) mass is 368 g/mol. The highest BCUT2D eigenvalue weighted by atomic mass is 19.4. The Morgan fingerprint density at radius 2 is 2.04 bits per heavy atom. The van der Waals surface area contributed by atoms with Crippen LogP contribution in [0.25, 0.3) is 0 Å². The molecule has 0 spiro atoms. The summed E-state index contributed by atoms with van der Waals surface area (Å²) in [5, 5.41) is 0. The maximum atomic E-state index is 12.9. The number of carbonyl (C=O) groups excluding carboxylic acids is 2. The number of likely N-dealkylation sites (tertiary alicyclic amines) is 1. The molecule has 2 aliphatic rings. The quantitative estimate of drug-likeness (QED) is 0.813. The molecular weight excluding hydrogens is 345 g/mol. The molecule has 2 saturated heterocycles. The molecule has 7 heteroatoms. The molecule has 2 unspecified atom stereocenters. The molecule has 2 fully saturated rings. The van der Waals surface area contributed by atoms with E-state index in [1.54, 1.807) is 0 Å². The number of alkyl halides is 3. The van der Waals surface area contributed by atoms with Gasteiger partial charge in [0, 0.05) is 31.2 Å². The van der Waals surface area contributed by atoms with Gasteiger partial charge in [0.25, 0.3) is 0 Å². The Morgan fingerprint density at radius 1 is 1.27 bits per heavy atom. The molecule has 0 aliphatic carbocycles. The summed E-state index contributed by atoms with van der Waals surface area (Å²) < 4.78 is 38.8. The lowest BCUT2D eigenvalue weighted by atomic mass is 9.97. The van der Waals surface area contributed by atoms with Gasteiger partial charge >= 0.3 is 6.18 Å². The number of nitrogens with zero attached hydrogens (tertiary/aromatic N) is 2. The van der Waals surface area contributed by atoms with Crippen molar-refractivity contribution in [3.05, 3.63) is 29.8 Å². The molecule has 142 valence electrons. The van der Waals surface area contributed by atoms with Gasteiger partial charge in [-0.15, -0.1) is 0 Å². The van der Waals surface area contributed by atoms with Gasteiger partial charge in [0.1, 0.15) is 0 Å². The van der Waals surface area contributed by atoms with Gasteiger partial charge in [0.05, 0.1) is 11.5 Å². The highest BCUT2D eigenvalue weighted by Crippen LogP contribution is 2.34. The standard InChI is InChI=1S/C19H23F3N2O2/c1-2-15-7-3-4-9-23(15)18(26)13-10-17(25)24(12-13)16-8-5-6-14(11-16)19(20,21)22/h5-6,8,11,13,15H,2-4,7,9-10,12H2,1H3. The van der Waals surface area contributed by atoms with Crippen LogP contribution in [-0.4, -0.2) is 35.8 Å². The summed E-state index contributed by atoms with van der Waals surface area (Å²) >= 11 is 0. The molecule has 2 heterocycles. The van der Waals surface area contributed by atoms with Gasteiger partial charge in [0.15, 0.2) is 0 Å². The summed E-state index contributed by atoms with van der Waals surface area (Å²) in [5.74, 6) is -0.823. The summed E-state index contributed by atoms with van der Waals surface area (Å²) in [6.07, 6.45) is -0.495. The molecule has 4 nitrogen and oxygen atoms in total. The molecule has 2 amide bonds. The molecule has 0 N–H and O–H groups in total. The van der Waals surface area contributed by atoms with Crippen molar-refractivity contribution in [1.82, 2.24) is 4.90 Å². The Labute approximate surface area is 151 Å². The molecule has 0 bridgehead atoms. The van der Waals surface area contributed by atoms with Gasteiger partial charge in [-0.3, -0.25) is 9.59 Å². The lowest BCUT2D eigenvalue weighted by Crippen LogP contribution is -2.46. The van der Waals surface area contributed by atoms with Gasteiger partial charge < -0.3 is 9.80 Å². The molecule has 2 atom stereocenters. The maximum Gasteiger partial charge on any atom is 0.416 e. The van der Waals surface area contributed by atoms with Crippen molar-refractivity contribution < 1.29 is 22.8 Å². The minimum atomic E-state index is -4.46. The Bertz CT molecular complexity index is 690. The van der Waals surface area contributed by atoms with Crippen molar-refractivity contribution in [2.75, 3.05) is 18.0 Å². The first kappa shape index (κ1) is 18.7. The number of hydrogen-bond acceptors (Lipinski definition) is 2. The molecule has 0 saturated carbocycles. The van der Waals surface area contributed by atoms with Crippen LogP contribution >= 0.6 is 0 Å². The Balaban J connectivity index is 1.75. The third-order valence-electron chi connectivity index (χ3n) is 5.34. The number of piperidine rings is 1. The Morgan fingerprint density at radius 3 is 2.73 bits per heavy atom. The summed E-state index contributed by atoms with van der Waals surface area (Å²) in [5.41, 5.74) is -0.592. The van der Waals surface area contributed by atoms with E-state index in [4.69, 9.17) is 0 Å². The van der Waals surface area contributed by atoms with E-state index in [1.807, 2.05) is 11.8 Å². The largest absolute Gasteiger partial charge is 0.416 e. The summed E-state index contributed by atoms with van der Waals surface area (Å²) in [4.78, 5) is 28.4. The lowest BCUT2D eigenvalue weighted by Gasteiger charge is -2.36. The number of rotatable bonds is 3. The van der Waals surface area contributed by atoms with Crippen LogP contribution in [0, 0.1) is 5.92 Å². The zero-order chi connectivity index (χ0) is 18.9. The Kier molecular flexibility index (Phi) is 5.25. The fourth-order valence-electron chi connectivity index (χ4n) is 3.92. The van der Waals surface area contributed by atoms with E-state index >= 15 is 0 Å². The SMILES string of the molecule is CCC1CCCCN1C(=O)C1CC(=O)N(c2cccc(C(F)(F)F)c2)C1. The van der Waals surface area contributed by atoms with Gasteiger partial charge in [0.2, 0.25) is 11.8 Å². The molecule has 1 aromatic carbocycles. The van der Waals surface area contributed by atoms with Crippen molar-refractivity contribution in [1.29, 1.82) is 0 Å². The topological polar surface area (TPSA) is 40.6 Å². The lowest BCUT2D eigenvalue weighted by molar-refractivity contribution is -0.139. The van der Waals surface area contributed by atoms with Gasteiger partial charge in [-0.25, -0.2) is 0 Å². The van der Waals surface area contributed by atoms with E-state index in [0.29, 0.717) is 6.54 Å². The van der Waals surface area contributed by atoms with Crippen molar-refractivity contribution in [3.63, 3.8) is 0 Å². The van der Waals surface area contributed by atoms with E-state index in [9.17, 15) is 22.8 Å². The van der Waals surface area contributed by atoms with Crippen LogP contribution in [0.3, 0.4) is 0 Å². The highest BCUT2D eigenvalue weighted by molar-refractivity contribution is 6.00. The first-order chi connectivity index (χ1) is 12.3. The number of anilines is 1. The second-order valence-corrected chi connectivity index (χ2v) is 7.04. The molecule has 3 rings (SSSR count). The summed E-state index contributed by atoms with van der Waals surface area (Å²) in [7, 11) is 0. The number of benzene rings is 1. The summed E-state index contributed by atoms with van der Waals surface area (Å²) in [6.45, 7) is 2.89. The summed E-state index contributed by atoms with van der Waals surface area (Å²) in [6, 6.07) is 4.93. The van der Waals surface area contributed by atoms with Crippen LogP contribution in [-0.2, 0) is 15.8 Å². The molecule has 1 aromatic rings. The van der Waals surface area contributed by atoms with Crippen LogP contribution < -0.4 is 4.90 Å². The molecule has 0 aromatic heterocycles. The first-order valence-electron chi connectivity index (χ1n) is 9.09. The van der Waals surface area contributed by atoms with Crippen LogP contribution in [0.5, 0.6) is 0 Å². The van der Waals surface area contributed by atoms with E-state index in [2.05, 4.69) is 0 Å². The minimum absolute atomic E-state index is 0.0422. The second-order valence-electron chi connectivity index (χ2n) is 7.04. The van der Waals surface area contributed by atoms with Crippen LogP contribution in [0.2, 0.25) is 0 Å². The third kappa shape index (κ3) is 3.71. The molecule has 26 heavy (non-hydrogen) atoms. The first-order valence-corrected chi connectivity index (χ1v) is 9.09. The number of carbonyl (C=O) groups is 2. The van der Waals surface area contributed by atoms with Crippen molar-refractivity contribution in [3.8, 4) is 0 Å². The fraction of sp³-hybridized carbons (Fsp3) is 0.579. The average molecular weight is 368 g/mol. The van der Waals surface area contributed by atoms with Crippen molar-refractivity contribution in [2.24, 2.45) is 5.92 Å². The van der Waals surface area contributed by atoms with Crippen LogP contribution in [0.4, 0.5) is 18.9 Å². The Hall–Kier alpha value is -2.05. The predicted octanol–water partition coefficient (Wildman–Crippen LogP) is 3.85. The van der Waals surface area contributed by atoms with Gasteiger partial charge in [-0.2, -0.15) is 13.2 Å². The number of halogens is 3. The van der Waals surface area contributed by atoms with Crippen LogP contribution in [0.15, 0.2) is 24.3 Å². The van der Waals surface area contributed by atoms with Crippen LogP contribution in [0.1, 0.15) is 44.6 Å². The molecule has 0 radical (unpaired) electrons. The highest BCUT2D eigenvalue weighted by Gasteiger charge is 2.40. The predicted molar refractivity (Wildman–Crippen MR) is 91.5 cm³/mol. The van der Waals surface area contributed by atoms with E-state index < -0.39 is 17.7 Å². The zero-order valence-corrected chi connectivity index (χ0v) is 14.8. The van der Waals surface area contributed by atoms with E-state index in [0.717, 1.165) is 37.8 Å². The maximum absolute atomic E-state index is 12.9. The normalized spacial score (nSPS) is 24.2. The fourth-order valence-corrected chi connectivity index (χ4v) is 3.92. The smallest absolute Gasteiger partial charge is 0.339 e. The zero-order valence-electron chi connectivity index (χ0n) is 14.8. The minimum Gasteiger partial charge on any atom is -0.339 e. The average Bonchev–Trinajstić information content (AvgIpc) is 3.02. The van der Waals surface area contributed by atoms with E-state index in [-0.39, 0.29) is 36.5 Å². The van der Waals surface area contributed by atoms with Crippen molar-refractivity contribution in [2.45, 2.75) is 51.2 Å². The third-order valence-corrected chi connectivity index (χ3v) is 5.34. The van der Waals surface area contributed by atoms with Crippen molar-refractivity contribution >= 4 is 17.5 Å². The molecule has 2 aliphatic heterocycles. The van der Waals surface area contributed by atoms with Gasteiger partial charge in [-0.1, -0.05) is 13.0 Å². The number of amides is 2. The van der Waals surface area contributed by atoms with Gasteiger partial charge in [-0.05, 0) is 43.9 Å². The second kappa shape index (κ2) is 7.29. The number of hydrogen-bond donors (Lipinski definition) is 0. The molecular formula is C19H23F3N2O2. The van der Waals surface area contributed by atoms with E-state index in [1.165, 1.54) is 17.0 Å².